The molecule has 18 heavy (non-hydrogen) atoms. The van der Waals surface area contributed by atoms with Crippen LogP contribution >= 0.6 is 0 Å². The molecule has 104 valence electrons. The quantitative estimate of drug-likeness (QED) is 0.754. The summed E-state index contributed by atoms with van der Waals surface area (Å²) < 4.78 is 26.1. The van der Waals surface area contributed by atoms with Crippen molar-refractivity contribution in [3.63, 3.8) is 0 Å². The number of alkyl halides is 2. The predicted molar refractivity (Wildman–Crippen MR) is 65.6 cm³/mol. The number of halogens is 2. The lowest BCUT2D eigenvalue weighted by Gasteiger charge is -2.37. The van der Waals surface area contributed by atoms with Gasteiger partial charge in [-0.2, -0.15) is 8.78 Å². The van der Waals surface area contributed by atoms with Crippen molar-refractivity contribution < 1.29 is 18.4 Å². The summed E-state index contributed by atoms with van der Waals surface area (Å²) in [5.41, 5.74) is -0.830. The molecule has 1 aliphatic carbocycles. The van der Waals surface area contributed by atoms with Gasteiger partial charge in [0.05, 0.1) is 0 Å². The van der Waals surface area contributed by atoms with Crippen LogP contribution in [-0.2, 0) is 9.59 Å². The van der Waals surface area contributed by atoms with Crippen LogP contribution in [0.5, 0.6) is 0 Å². The van der Waals surface area contributed by atoms with Crippen LogP contribution < -0.4 is 0 Å². The standard InChI is InChI=1S/C14H22F2O2/c1-10(2)12(18)14(7-5-4-6-8-14)9-11(17)13(3,15)16/h10H,4-9H2,1-3H3. The number of hydrogen-bond donors (Lipinski definition) is 0. The second-order valence-electron chi connectivity index (χ2n) is 5.85. The van der Waals surface area contributed by atoms with Gasteiger partial charge in [-0.1, -0.05) is 33.1 Å². The molecule has 0 aromatic heterocycles. The highest BCUT2D eigenvalue weighted by atomic mass is 19.3. The summed E-state index contributed by atoms with van der Waals surface area (Å²) >= 11 is 0. The molecule has 1 fully saturated rings. The first-order chi connectivity index (χ1) is 8.19. The zero-order valence-corrected chi connectivity index (χ0v) is 11.4. The molecule has 0 aromatic rings. The van der Waals surface area contributed by atoms with Crippen molar-refractivity contribution in [2.45, 2.75) is 65.2 Å². The molecule has 0 heterocycles. The molecule has 1 saturated carbocycles. The van der Waals surface area contributed by atoms with Gasteiger partial charge in [-0.3, -0.25) is 9.59 Å². The van der Waals surface area contributed by atoms with E-state index in [4.69, 9.17) is 0 Å². The van der Waals surface area contributed by atoms with Gasteiger partial charge >= 0.3 is 5.92 Å². The Morgan fingerprint density at radius 3 is 2.06 bits per heavy atom. The van der Waals surface area contributed by atoms with E-state index in [9.17, 15) is 18.4 Å². The van der Waals surface area contributed by atoms with Crippen molar-refractivity contribution in [1.82, 2.24) is 0 Å². The molecule has 0 amide bonds. The summed E-state index contributed by atoms with van der Waals surface area (Å²) in [5, 5.41) is 0. The van der Waals surface area contributed by atoms with Gasteiger partial charge in [-0.15, -0.1) is 0 Å². The highest BCUT2D eigenvalue weighted by Crippen LogP contribution is 2.43. The first-order valence-electron chi connectivity index (χ1n) is 6.64. The number of hydrogen-bond acceptors (Lipinski definition) is 2. The van der Waals surface area contributed by atoms with Gasteiger partial charge in [-0.25, -0.2) is 0 Å². The Morgan fingerprint density at radius 2 is 1.67 bits per heavy atom. The Balaban J connectivity index is 2.92. The summed E-state index contributed by atoms with van der Waals surface area (Å²) in [6.45, 7) is 4.16. The van der Waals surface area contributed by atoms with Crippen LogP contribution in [0.3, 0.4) is 0 Å². The van der Waals surface area contributed by atoms with E-state index in [2.05, 4.69) is 0 Å². The molecular formula is C14H22F2O2. The van der Waals surface area contributed by atoms with Gasteiger partial charge in [-0.05, 0) is 12.8 Å². The zero-order valence-electron chi connectivity index (χ0n) is 11.4. The molecule has 0 aromatic carbocycles. The normalized spacial score (nSPS) is 19.9. The van der Waals surface area contributed by atoms with Crippen LogP contribution in [0.2, 0.25) is 0 Å². The number of carbonyl (C=O) groups is 2. The fourth-order valence-electron chi connectivity index (χ4n) is 2.81. The molecule has 0 saturated heterocycles. The van der Waals surface area contributed by atoms with Crippen LogP contribution in [0.15, 0.2) is 0 Å². The van der Waals surface area contributed by atoms with Gasteiger partial charge in [0.25, 0.3) is 0 Å². The molecule has 4 heteroatoms. The third-order valence-corrected chi connectivity index (χ3v) is 3.85. The maximum absolute atomic E-state index is 13.0. The van der Waals surface area contributed by atoms with Crippen LogP contribution in [0.4, 0.5) is 8.78 Å². The Hall–Kier alpha value is -0.800. The van der Waals surface area contributed by atoms with Crippen molar-refractivity contribution in [2.75, 3.05) is 0 Å². The van der Waals surface area contributed by atoms with Crippen LogP contribution in [0, 0.1) is 11.3 Å². The molecule has 0 N–H and O–H groups in total. The largest absolute Gasteiger partial charge is 0.302 e. The maximum Gasteiger partial charge on any atom is 0.302 e. The van der Waals surface area contributed by atoms with Crippen molar-refractivity contribution in [1.29, 1.82) is 0 Å². The van der Waals surface area contributed by atoms with E-state index < -0.39 is 17.1 Å². The van der Waals surface area contributed by atoms with Gasteiger partial charge in [0.15, 0.2) is 0 Å². The lowest BCUT2D eigenvalue weighted by atomic mass is 9.65. The molecule has 0 aliphatic heterocycles. The number of Topliss-reactive ketones (excluding diaryl/α,β-unsaturated/α-hetero) is 2. The Bertz CT molecular complexity index is 323. The summed E-state index contributed by atoms with van der Waals surface area (Å²) in [7, 11) is 0. The van der Waals surface area contributed by atoms with E-state index >= 15 is 0 Å². The van der Waals surface area contributed by atoms with Crippen molar-refractivity contribution >= 4 is 11.6 Å². The number of carbonyl (C=O) groups excluding carboxylic acids is 2. The fraction of sp³-hybridized carbons (Fsp3) is 0.857. The topological polar surface area (TPSA) is 34.1 Å². The molecular weight excluding hydrogens is 238 g/mol. The average Bonchev–Trinajstić information content (AvgIpc) is 2.27. The summed E-state index contributed by atoms with van der Waals surface area (Å²) in [4.78, 5) is 23.8. The van der Waals surface area contributed by atoms with Gasteiger partial charge in [0, 0.05) is 24.7 Å². The summed E-state index contributed by atoms with van der Waals surface area (Å²) in [6.07, 6.45) is 3.57. The van der Waals surface area contributed by atoms with Gasteiger partial charge in [0.1, 0.15) is 5.78 Å². The van der Waals surface area contributed by atoms with E-state index in [1.807, 2.05) is 0 Å². The number of rotatable bonds is 5. The SMILES string of the molecule is CC(C)C(=O)C1(CC(=O)C(C)(F)F)CCCCC1. The Kier molecular flexibility index (Phi) is 4.62. The van der Waals surface area contributed by atoms with Gasteiger partial charge in [0.2, 0.25) is 5.78 Å². The first kappa shape index (κ1) is 15.3. The van der Waals surface area contributed by atoms with Crippen molar-refractivity contribution in [2.24, 2.45) is 11.3 Å². The summed E-state index contributed by atoms with van der Waals surface area (Å²) in [5.74, 6) is -4.67. The molecule has 1 rings (SSSR count). The predicted octanol–water partition coefficient (Wildman–Crippen LogP) is 3.78. The van der Waals surface area contributed by atoms with Crippen LogP contribution in [0.25, 0.3) is 0 Å². The molecule has 0 unspecified atom stereocenters. The molecule has 2 nitrogen and oxygen atoms in total. The van der Waals surface area contributed by atoms with Crippen molar-refractivity contribution in [3.8, 4) is 0 Å². The van der Waals surface area contributed by atoms with Crippen molar-refractivity contribution in [3.05, 3.63) is 0 Å². The Labute approximate surface area is 107 Å². The second-order valence-corrected chi connectivity index (χ2v) is 5.85. The molecule has 0 radical (unpaired) electrons. The van der Waals surface area contributed by atoms with E-state index in [-0.39, 0.29) is 18.1 Å². The third-order valence-electron chi connectivity index (χ3n) is 3.85. The van der Waals surface area contributed by atoms with E-state index in [0.29, 0.717) is 19.8 Å². The smallest absolute Gasteiger partial charge is 0.299 e. The van der Waals surface area contributed by atoms with E-state index in [1.54, 1.807) is 13.8 Å². The molecule has 1 aliphatic rings. The minimum atomic E-state index is -3.33. The first-order valence-corrected chi connectivity index (χ1v) is 6.64. The van der Waals surface area contributed by atoms with Crippen LogP contribution in [-0.4, -0.2) is 17.5 Å². The zero-order chi connectivity index (χ0) is 14.0. The molecule has 0 spiro atoms. The minimum Gasteiger partial charge on any atom is -0.299 e. The average molecular weight is 260 g/mol. The molecule has 0 bridgehead atoms. The monoisotopic (exact) mass is 260 g/mol. The summed E-state index contributed by atoms with van der Waals surface area (Å²) in [6, 6.07) is 0. The number of ketones is 2. The van der Waals surface area contributed by atoms with Crippen LogP contribution in [0.1, 0.15) is 59.3 Å². The van der Waals surface area contributed by atoms with E-state index in [0.717, 1.165) is 19.3 Å². The Morgan fingerprint density at radius 1 is 1.17 bits per heavy atom. The third kappa shape index (κ3) is 3.36. The second kappa shape index (κ2) is 5.45. The maximum atomic E-state index is 13.0. The minimum absolute atomic E-state index is 0.0280. The lowest BCUT2D eigenvalue weighted by Crippen LogP contribution is -2.41. The van der Waals surface area contributed by atoms with Gasteiger partial charge < -0.3 is 0 Å². The highest BCUT2D eigenvalue weighted by molar-refractivity contribution is 5.94. The molecule has 0 atom stereocenters. The fourth-order valence-corrected chi connectivity index (χ4v) is 2.81. The lowest BCUT2D eigenvalue weighted by molar-refractivity contribution is -0.149. The van der Waals surface area contributed by atoms with E-state index in [1.165, 1.54) is 0 Å². The highest BCUT2D eigenvalue weighted by Gasteiger charge is 2.45.